The fourth-order valence-electron chi connectivity index (χ4n) is 3.65. The van der Waals surface area contributed by atoms with Gasteiger partial charge >= 0.3 is 12.4 Å². The Morgan fingerprint density at radius 1 is 1.03 bits per heavy atom. The number of rotatable bonds is 8. The van der Waals surface area contributed by atoms with Crippen LogP contribution in [0.15, 0.2) is 54.6 Å². The number of thiocarbonyl (C=S) groups is 1. The minimum atomic E-state index is -5.00. The van der Waals surface area contributed by atoms with E-state index in [-0.39, 0.29) is 17.5 Å². The zero-order valence-electron chi connectivity index (χ0n) is 19.2. The normalized spacial score (nSPS) is 13.1. The molecule has 0 aliphatic heterocycles. The predicted octanol–water partition coefficient (Wildman–Crippen LogP) is 7.63. The number of aliphatic hydroxyl groups is 1. The fourth-order valence-corrected chi connectivity index (χ4v) is 4.82. The highest BCUT2D eigenvalue weighted by Crippen LogP contribution is 2.39. The van der Waals surface area contributed by atoms with Gasteiger partial charge in [-0.05, 0) is 29.7 Å². The van der Waals surface area contributed by atoms with E-state index in [0.717, 1.165) is 18.1 Å². The van der Waals surface area contributed by atoms with Crippen LogP contribution in [0, 0.1) is 0 Å². The van der Waals surface area contributed by atoms with Crippen molar-refractivity contribution in [2.45, 2.75) is 44.0 Å². The zero-order valence-corrected chi connectivity index (χ0v) is 20.9. The summed E-state index contributed by atoms with van der Waals surface area (Å²) in [5.74, 6) is 0.559. The largest absolute Gasteiger partial charge is 0.433 e. The van der Waals surface area contributed by atoms with E-state index in [1.807, 2.05) is 37.3 Å². The number of unbranched alkanes of at least 4 members (excludes halogenated alkanes) is 1. The Balaban J connectivity index is 1.96. The third-order valence-corrected chi connectivity index (χ3v) is 7.06. The molecule has 0 amide bonds. The van der Waals surface area contributed by atoms with Gasteiger partial charge in [0.25, 0.3) is 0 Å². The van der Waals surface area contributed by atoms with Crippen molar-refractivity contribution >= 4 is 39.2 Å². The maximum absolute atomic E-state index is 13.5. The Morgan fingerprint density at radius 2 is 1.72 bits per heavy atom. The number of nitrogens with zero attached hydrogens (tertiary/aromatic N) is 2. The molecule has 2 aromatic carbocycles. The average molecular weight is 547 g/mol. The first-order chi connectivity index (χ1) is 16.9. The van der Waals surface area contributed by atoms with Gasteiger partial charge in [0.15, 0.2) is 0 Å². The molecule has 0 saturated carbocycles. The van der Waals surface area contributed by atoms with Crippen LogP contribution in [0.1, 0.15) is 48.3 Å². The van der Waals surface area contributed by atoms with Crippen molar-refractivity contribution in [2.75, 3.05) is 13.1 Å². The number of para-hydroxylation sites is 1. The molecule has 3 aromatic rings. The van der Waals surface area contributed by atoms with Crippen LogP contribution < -0.4 is 0 Å². The van der Waals surface area contributed by atoms with Crippen LogP contribution in [0.25, 0.3) is 10.9 Å². The van der Waals surface area contributed by atoms with Crippen LogP contribution in [0.4, 0.5) is 26.3 Å². The summed E-state index contributed by atoms with van der Waals surface area (Å²) in [5.41, 5.74) is -2.90. The van der Waals surface area contributed by atoms with Gasteiger partial charge in [0.2, 0.25) is 0 Å². The second kappa shape index (κ2) is 11.8. The van der Waals surface area contributed by atoms with Gasteiger partial charge in [0.1, 0.15) is 10.0 Å². The van der Waals surface area contributed by atoms with E-state index in [0.29, 0.717) is 35.2 Å². The van der Waals surface area contributed by atoms with Crippen molar-refractivity contribution in [3.05, 3.63) is 77.0 Å². The van der Waals surface area contributed by atoms with Crippen LogP contribution in [0.3, 0.4) is 0 Å². The van der Waals surface area contributed by atoms with Crippen molar-refractivity contribution < 1.29 is 31.4 Å². The van der Waals surface area contributed by atoms with Crippen molar-refractivity contribution in [3.8, 4) is 0 Å². The summed E-state index contributed by atoms with van der Waals surface area (Å²) >= 11 is 6.89. The number of hydrogen-bond acceptors (Lipinski definition) is 4. The van der Waals surface area contributed by atoms with Crippen molar-refractivity contribution in [1.29, 1.82) is 0 Å². The molecule has 1 heterocycles. The number of aromatic nitrogens is 1. The van der Waals surface area contributed by atoms with Gasteiger partial charge in [-0.15, -0.1) is 0 Å². The molecular weight excluding hydrogens is 522 g/mol. The van der Waals surface area contributed by atoms with Gasteiger partial charge in [-0.1, -0.05) is 79.8 Å². The highest BCUT2D eigenvalue weighted by molar-refractivity contribution is 8.22. The van der Waals surface area contributed by atoms with E-state index in [1.54, 1.807) is 4.90 Å². The summed E-state index contributed by atoms with van der Waals surface area (Å²) in [7, 11) is 0. The summed E-state index contributed by atoms with van der Waals surface area (Å²) < 4.78 is 81.7. The lowest BCUT2D eigenvalue weighted by atomic mass is 9.99. The summed E-state index contributed by atoms with van der Waals surface area (Å²) in [6, 6.07) is 13.1. The van der Waals surface area contributed by atoms with E-state index in [1.165, 1.54) is 17.8 Å². The fraction of sp³-hybridized carbons (Fsp3) is 0.360. The van der Waals surface area contributed by atoms with Crippen LogP contribution in [-0.4, -0.2) is 32.4 Å². The quantitative estimate of drug-likeness (QED) is 0.232. The third kappa shape index (κ3) is 7.10. The molecule has 0 fully saturated rings. The lowest BCUT2D eigenvalue weighted by Crippen LogP contribution is -2.33. The van der Waals surface area contributed by atoms with Crippen LogP contribution in [-0.2, 0) is 18.1 Å². The first kappa shape index (κ1) is 28.2. The molecule has 0 saturated heterocycles. The van der Waals surface area contributed by atoms with Crippen molar-refractivity contribution in [2.24, 2.45) is 0 Å². The molecule has 0 spiro atoms. The van der Waals surface area contributed by atoms with Gasteiger partial charge in [-0.3, -0.25) is 0 Å². The lowest BCUT2D eigenvalue weighted by Gasteiger charge is -2.28. The van der Waals surface area contributed by atoms with Crippen LogP contribution in [0.5, 0.6) is 0 Å². The number of alkyl halides is 6. The number of aliphatic hydroxyl groups excluding tert-OH is 1. The van der Waals surface area contributed by atoms with Gasteiger partial charge < -0.3 is 10.0 Å². The smallest absolute Gasteiger partial charge is 0.387 e. The molecule has 1 aromatic heterocycles. The zero-order chi connectivity index (χ0) is 26.5. The minimum Gasteiger partial charge on any atom is -0.387 e. The first-order valence-corrected chi connectivity index (χ1v) is 12.5. The number of thioether (sulfide) groups is 1. The standard InChI is InChI=1S/C25H24F6N2OS2/c1-2-3-12-33(23(35)36-15-16-8-5-4-6-9-16)14-20(34)18-13-21(25(29,30)31)32-22-17(18)10-7-11-19(22)24(26,27)28/h4-11,13,20,34H,2-3,12,14-15H2,1H3. The molecule has 0 bridgehead atoms. The van der Waals surface area contributed by atoms with Crippen LogP contribution in [0.2, 0.25) is 0 Å². The minimum absolute atomic E-state index is 0.173. The Kier molecular flexibility index (Phi) is 9.23. The maximum Gasteiger partial charge on any atom is 0.433 e. The molecular formula is C25H24F6N2OS2. The summed E-state index contributed by atoms with van der Waals surface area (Å²) in [6.07, 6.45) is -9.93. The maximum atomic E-state index is 13.5. The van der Waals surface area contributed by atoms with Gasteiger partial charge in [-0.2, -0.15) is 26.3 Å². The molecule has 194 valence electrons. The van der Waals surface area contributed by atoms with Crippen molar-refractivity contribution in [1.82, 2.24) is 9.88 Å². The second-order valence-corrected chi connectivity index (χ2v) is 9.76. The number of halogens is 6. The molecule has 36 heavy (non-hydrogen) atoms. The SMILES string of the molecule is CCCCN(CC(O)c1cc(C(F)(F)F)nc2c(C(F)(F)F)cccc12)C(=S)SCc1ccccc1. The molecule has 11 heteroatoms. The first-order valence-electron chi connectivity index (χ1n) is 11.1. The highest BCUT2D eigenvalue weighted by atomic mass is 32.2. The lowest BCUT2D eigenvalue weighted by molar-refractivity contribution is -0.142. The molecule has 1 atom stereocenters. The van der Waals surface area contributed by atoms with E-state index >= 15 is 0 Å². The highest BCUT2D eigenvalue weighted by Gasteiger charge is 2.38. The molecule has 1 N–H and O–H groups in total. The number of hydrogen-bond donors (Lipinski definition) is 1. The number of fused-ring (bicyclic) bond motifs is 1. The predicted molar refractivity (Wildman–Crippen MR) is 134 cm³/mol. The van der Waals surface area contributed by atoms with Crippen LogP contribution >= 0.6 is 24.0 Å². The Morgan fingerprint density at radius 3 is 2.33 bits per heavy atom. The van der Waals surface area contributed by atoms with E-state index < -0.39 is 35.2 Å². The second-order valence-electron chi connectivity index (χ2n) is 8.15. The Labute approximate surface area is 214 Å². The molecule has 1 unspecified atom stereocenters. The monoisotopic (exact) mass is 546 g/mol. The molecule has 3 rings (SSSR count). The number of benzene rings is 2. The third-order valence-electron chi connectivity index (χ3n) is 5.46. The molecule has 0 radical (unpaired) electrons. The summed E-state index contributed by atoms with van der Waals surface area (Å²) in [4.78, 5) is 4.97. The molecule has 3 nitrogen and oxygen atoms in total. The van der Waals surface area contributed by atoms with Crippen molar-refractivity contribution in [3.63, 3.8) is 0 Å². The van der Waals surface area contributed by atoms with Gasteiger partial charge in [0.05, 0.1) is 17.2 Å². The molecule has 0 aliphatic carbocycles. The van der Waals surface area contributed by atoms with Gasteiger partial charge in [0, 0.05) is 24.2 Å². The Bertz CT molecular complexity index is 1180. The summed E-state index contributed by atoms with van der Waals surface area (Å²) in [6.45, 7) is 2.23. The number of pyridine rings is 1. The van der Waals surface area contributed by atoms with E-state index in [4.69, 9.17) is 12.2 Å². The Hall–Kier alpha value is -2.37. The average Bonchev–Trinajstić information content (AvgIpc) is 2.83. The summed E-state index contributed by atoms with van der Waals surface area (Å²) in [5, 5.41) is 10.8. The van der Waals surface area contributed by atoms with E-state index in [2.05, 4.69) is 4.98 Å². The van der Waals surface area contributed by atoms with Gasteiger partial charge in [-0.25, -0.2) is 4.98 Å². The molecule has 0 aliphatic rings. The van der Waals surface area contributed by atoms with E-state index in [9.17, 15) is 31.4 Å². The topological polar surface area (TPSA) is 36.4 Å².